The summed E-state index contributed by atoms with van der Waals surface area (Å²) < 4.78 is 7.27. The first-order chi connectivity index (χ1) is 13.1. The Balaban J connectivity index is 1.75. The predicted molar refractivity (Wildman–Crippen MR) is 99.7 cm³/mol. The maximum Gasteiger partial charge on any atom is 0.323 e. The molecule has 0 spiro atoms. The van der Waals surface area contributed by atoms with Gasteiger partial charge in [0, 0.05) is 25.5 Å². The Morgan fingerprint density at radius 3 is 2.63 bits per heavy atom. The van der Waals surface area contributed by atoms with Crippen molar-refractivity contribution >= 4 is 11.9 Å². The molecule has 1 N–H and O–H groups in total. The third-order valence-corrected chi connectivity index (χ3v) is 4.94. The van der Waals surface area contributed by atoms with Crippen LogP contribution in [-0.2, 0) is 16.0 Å². The van der Waals surface area contributed by atoms with Crippen molar-refractivity contribution in [1.29, 1.82) is 0 Å². The molecule has 0 aliphatic carbocycles. The molecule has 27 heavy (non-hydrogen) atoms. The molecule has 144 valence electrons. The van der Waals surface area contributed by atoms with E-state index in [0.29, 0.717) is 31.7 Å². The lowest BCUT2D eigenvalue weighted by Crippen LogP contribution is -2.37. The minimum atomic E-state index is -1.02. The molecule has 0 radical (unpaired) electrons. The smallest absolute Gasteiger partial charge is 0.323 e. The minimum Gasteiger partial charge on any atom is -0.480 e. The third-order valence-electron chi connectivity index (χ3n) is 4.94. The van der Waals surface area contributed by atoms with Crippen LogP contribution in [0.3, 0.4) is 0 Å². The van der Waals surface area contributed by atoms with Gasteiger partial charge in [-0.05, 0) is 31.7 Å². The summed E-state index contributed by atoms with van der Waals surface area (Å²) in [7, 11) is 0. The van der Waals surface area contributed by atoms with Crippen LogP contribution in [0.25, 0.3) is 0 Å². The summed E-state index contributed by atoms with van der Waals surface area (Å²) in [5.74, 6) is -1.31. The van der Waals surface area contributed by atoms with Crippen molar-refractivity contribution < 1.29 is 19.4 Å². The summed E-state index contributed by atoms with van der Waals surface area (Å²) in [5.41, 5.74) is 2.31. The summed E-state index contributed by atoms with van der Waals surface area (Å²) in [5, 5.41) is 13.6. The van der Waals surface area contributed by atoms with Crippen LogP contribution in [0.1, 0.15) is 40.5 Å². The summed E-state index contributed by atoms with van der Waals surface area (Å²) >= 11 is 0. The van der Waals surface area contributed by atoms with E-state index in [1.807, 2.05) is 41.9 Å². The van der Waals surface area contributed by atoms with Gasteiger partial charge in [0.1, 0.15) is 6.54 Å². The first kappa shape index (κ1) is 19.1. The number of aromatic nitrogens is 2. The molecule has 0 saturated carbocycles. The zero-order valence-electron chi connectivity index (χ0n) is 15.5. The van der Waals surface area contributed by atoms with Gasteiger partial charge in [-0.15, -0.1) is 0 Å². The zero-order chi connectivity index (χ0) is 19.2. The molecular formula is C20H25N3O4. The van der Waals surface area contributed by atoms with E-state index in [-0.39, 0.29) is 18.5 Å². The van der Waals surface area contributed by atoms with Gasteiger partial charge in [-0.25, -0.2) is 0 Å². The minimum absolute atomic E-state index is 0.220. The summed E-state index contributed by atoms with van der Waals surface area (Å²) in [6.45, 7) is 3.27. The maximum absolute atomic E-state index is 13.0. The molecule has 0 unspecified atom stereocenters. The lowest BCUT2D eigenvalue weighted by atomic mass is 10.1. The highest BCUT2D eigenvalue weighted by molar-refractivity contribution is 5.96. The Kier molecular flexibility index (Phi) is 6.24. The number of nitrogens with zero attached hydrogens (tertiary/aromatic N) is 3. The largest absolute Gasteiger partial charge is 0.480 e. The van der Waals surface area contributed by atoms with Gasteiger partial charge in [-0.3, -0.25) is 14.3 Å². The highest BCUT2D eigenvalue weighted by atomic mass is 16.5. The van der Waals surface area contributed by atoms with Gasteiger partial charge in [-0.2, -0.15) is 5.10 Å². The van der Waals surface area contributed by atoms with E-state index in [0.717, 1.165) is 24.1 Å². The second kappa shape index (κ2) is 8.81. The first-order valence-corrected chi connectivity index (χ1v) is 9.23. The number of amides is 1. The molecule has 1 aromatic carbocycles. The van der Waals surface area contributed by atoms with Crippen molar-refractivity contribution in [3.8, 4) is 0 Å². The topological polar surface area (TPSA) is 84.7 Å². The maximum atomic E-state index is 13.0. The lowest BCUT2D eigenvalue weighted by Gasteiger charge is -2.24. The predicted octanol–water partition coefficient (Wildman–Crippen LogP) is 2.31. The van der Waals surface area contributed by atoms with Crippen LogP contribution in [0.2, 0.25) is 0 Å². The van der Waals surface area contributed by atoms with Gasteiger partial charge in [0.25, 0.3) is 5.91 Å². The number of ether oxygens (including phenoxy) is 1. The number of carboxylic acid groups (broad SMARTS) is 1. The number of carbonyl (C=O) groups excluding carboxylic acids is 1. The molecule has 3 rings (SSSR count). The van der Waals surface area contributed by atoms with Crippen molar-refractivity contribution in [1.82, 2.24) is 14.7 Å². The fraction of sp³-hybridized carbons (Fsp3) is 0.450. The van der Waals surface area contributed by atoms with Crippen molar-refractivity contribution in [3.05, 3.63) is 53.3 Å². The number of hydrogen-bond donors (Lipinski definition) is 1. The zero-order valence-corrected chi connectivity index (χ0v) is 15.5. The van der Waals surface area contributed by atoms with Crippen molar-refractivity contribution in [2.75, 3.05) is 26.3 Å². The Hall–Kier alpha value is -2.67. The number of carbonyl (C=O) groups is 2. The fourth-order valence-corrected chi connectivity index (χ4v) is 3.43. The van der Waals surface area contributed by atoms with E-state index in [4.69, 9.17) is 4.74 Å². The van der Waals surface area contributed by atoms with Crippen LogP contribution in [-0.4, -0.2) is 58.0 Å². The number of aliphatic carboxylic acids is 1. The molecule has 0 bridgehead atoms. The molecule has 2 heterocycles. The molecule has 1 aromatic heterocycles. The van der Waals surface area contributed by atoms with E-state index in [2.05, 4.69) is 5.10 Å². The van der Waals surface area contributed by atoms with Crippen LogP contribution >= 0.6 is 0 Å². The normalized spacial score (nSPS) is 14.9. The van der Waals surface area contributed by atoms with E-state index in [1.54, 1.807) is 6.20 Å². The van der Waals surface area contributed by atoms with Crippen LogP contribution < -0.4 is 0 Å². The van der Waals surface area contributed by atoms with Gasteiger partial charge in [0.05, 0.1) is 17.8 Å². The molecular weight excluding hydrogens is 346 g/mol. The van der Waals surface area contributed by atoms with E-state index in [1.165, 1.54) is 4.90 Å². The molecule has 1 aliphatic heterocycles. The molecule has 7 nitrogen and oxygen atoms in total. The second-order valence-electron chi connectivity index (χ2n) is 6.79. The van der Waals surface area contributed by atoms with Crippen LogP contribution in [0.4, 0.5) is 0 Å². The molecule has 1 amide bonds. The van der Waals surface area contributed by atoms with Gasteiger partial charge in [0.2, 0.25) is 0 Å². The fourth-order valence-electron chi connectivity index (χ4n) is 3.43. The quantitative estimate of drug-likeness (QED) is 0.807. The summed E-state index contributed by atoms with van der Waals surface area (Å²) in [4.78, 5) is 25.7. The van der Waals surface area contributed by atoms with Crippen molar-refractivity contribution in [3.63, 3.8) is 0 Å². The molecule has 7 heteroatoms. The summed E-state index contributed by atoms with van der Waals surface area (Å²) in [6, 6.07) is 9.95. The average molecular weight is 371 g/mol. The highest BCUT2D eigenvalue weighted by Gasteiger charge is 2.25. The number of hydrogen-bond acceptors (Lipinski definition) is 4. The SMILES string of the molecule is Cc1c(C(=O)N(CCc2ccccc2)CC(=O)O)cnn1C1CCOCC1. The summed E-state index contributed by atoms with van der Waals surface area (Å²) in [6.07, 6.45) is 3.89. The number of benzene rings is 1. The van der Waals surface area contributed by atoms with E-state index in [9.17, 15) is 14.7 Å². The number of carboxylic acids is 1. The third kappa shape index (κ3) is 4.74. The molecule has 1 fully saturated rings. The van der Waals surface area contributed by atoms with Crippen LogP contribution in [0.5, 0.6) is 0 Å². The van der Waals surface area contributed by atoms with Crippen LogP contribution in [0, 0.1) is 6.92 Å². The monoisotopic (exact) mass is 371 g/mol. The first-order valence-electron chi connectivity index (χ1n) is 9.23. The van der Waals surface area contributed by atoms with Crippen molar-refractivity contribution in [2.45, 2.75) is 32.2 Å². The van der Waals surface area contributed by atoms with E-state index < -0.39 is 5.97 Å². The Morgan fingerprint density at radius 1 is 1.26 bits per heavy atom. The lowest BCUT2D eigenvalue weighted by molar-refractivity contribution is -0.137. The standard InChI is InChI=1S/C20H25N3O4/c1-15-18(13-21-23(15)17-8-11-27-12-9-17)20(26)22(14-19(24)25)10-7-16-5-3-2-4-6-16/h2-6,13,17H,7-12,14H2,1H3,(H,24,25). The molecule has 0 atom stereocenters. The highest BCUT2D eigenvalue weighted by Crippen LogP contribution is 2.23. The Labute approximate surface area is 158 Å². The molecule has 1 saturated heterocycles. The van der Waals surface area contributed by atoms with Crippen molar-refractivity contribution in [2.24, 2.45) is 0 Å². The van der Waals surface area contributed by atoms with Crippen LogP contribution in [0.15, 0.2) is 36.5 Å². The number of rotatable bonds is 7. The van der Waals surface area contributed by atoms with E-state index >= 15 is 0 Å². The Bertz CT molecular complexity index is 782. The average Bonchev–Trinajstić information content (AvgIpc) is 3.07. The van der Waals surface area contributed by atoms with Gasteiger partial charge in [-0.1, -0.05) is 30.3 Å². The second-order valence-corrected chi connectivity index (χ2v) is 6.79. The molecule has 2 aromatic rings. The van der Waals surface area contributed by atoms with Gasteiger partial charge >= 0.3 is 5.97 Å². The van der Waals surface area contributed by atoms with Gasteiger partial charge in [0.15, 0.2) is 0 Å². The molecule has 1 aliphatic rings. The Morgan fingerprint density at radius 2 is 1.96 bits per heavy atom. The van der Waals surface area contributed by atoms with Gasteiger partial charge < -0.3 is 14.7 Å².